The van der Waals surface area contributed by atoms with Gasteiger partial charge in [0.15, 0.2) is 0 Å². The minimum absolute atomic E-state index is 0.662. The molecule has 0 aliphatic rings. The standard InChI is InChI=1S/C13H21NO3/c1-15-12-4-6-13(7-5-12)17-11-3-10-16-9-2-8-14/h4-7H,2-3,8-11,14H2,1H3. The van der Waals surface area contributed by atoms with E-state index in [1.165, 1.54) is 0 Å². The molecule has 0 spiro atoms. The topological polar surface area (TPSA) is 53.7 Å². The molecule has 0 saturated carbocycles. The van der Waals surface area contributed by atoms with Crippen LogP contribution in [0.4, 0.5) is 0 Å². The second-order valence-electron chi connectivity index (χ2n) is 3.63. The van der Waals surface area contributed by atoms with Crippen LogP contribution in [-0.4, -0.2) is 33.5 Å². The zero-order chi connectivity index (χ0) is 12.3. The fraction of sp³-hybridized carbons (Fsp3) is 0.538. The first-order valence-electron chi connectivity index (χ1n) is 5.91. The van der Waals surface area contributed by atoms with E-state index in [1.54, 1.807) is 7.11 Å². The van der Waals surface area contributed by atoms with E-state index in [1.807, 2.05) is 24.3 Å². The van der Waals surface area contributed by atoms with Gasteiger partial charge in [0.2, 0.25) is 0 Å². The fourth-order valence-corrected chi connectivity index (χ4v) is 1.31. The number of hydrogen-bond acceptors (Lipinski definition) is 4. The van der Waals surface area contributed by atoms with Crippen molar-refractivity contribution < 1.29 is 14.2 Å². The van der Waals surface area contributed by atoms with Crippen molar-refractivity contribution in [3.8, 4) is 11.5 Å². The second kappa shape index (κ2) is 8.84. The normalized spacial score (nSPS) is 10.2. The van der Waals surface area contributed by atoms with Gasteiger partial charge in [-0.1, -0.05) is 0 Å². The molecule has 96 valence electrons. The third-order valence-electron chi connectivity index (χ3n) is 2.25. The average Bonchev–Trinajstić information content (AvgIpc) is 2.38. The Morgan fingerprint density at radius 3 is 2.24 bits per heavy atom. The lowest BCUT2D eigenvalue weighted by molar-refractivity contribution is 0.118. The summed E-state index contributed by atoms with van der Waals surface area (Å²) in [7, 11) is 1.65. The van der Waals surface area contributed by atoms with E-state index in [9.17, 15) is 0 Å². The molecule has 1 aromatic rings. The van der Waals surface area contributed by atoms with E-state index < -0.39 is 0 Å². The molecule has 0 radical (unpaired) electrons. The van der Waals surface area contributed by atoms with Gasteiger partial charge in [-0.3, -0.25) is 0 Å². The minimum Gasteiger partial charge on any atom is -0.497 e. The summed E-state index contributed by atoms with van der Waals surface area (Å²) in [5, 5.41) is 0. The van der Waals surface area contributed by atoms with Gasteiger partial charge >= 0.3 is 0 Å². The van der Waals surface area contributed by atoms with Crippen molar-refractivity contribution in [2.24, 2.45) is 5.73 Å². The van der Waals surface area contributed by atoms with Gasteiger partial charge < -0.3 is 19.9 Å². The van der Waals surface area contributed by atoms with Crippen molar-refractivity contribution in [1.29, 1.82) is 0 Å². The summed E-state index contributed by atoms with van der Waals surface area (Å²) in [5.41, 5.74) is 5.35. The van der Waals surface area contributed by atoms with Crippen molar-refractivity contribution in [1.82, 2.24) is 0 Å². The SMILES string of the molecule is COc1ccc(OCCCOCCCN)cc1. The van der Waals surface area contributed by atoms with Gasteiger partial charge in [-0.05, 0) is 37.2 Å². The first-order chi connectivity index (χ1) is 8.36. The van der Waals surface area contributed by atoms with Crippen LogP contribution >= 0.6 is 0 Å². The van der Waals surface area contributed by atoms with Gasteiger partial charge in [-0.2, -0.15) is 0 Å². The van der Waals surface area contributed by atoms with E-state index in [0.29, 0.717) is 13.2 Å². The first-order valence-corrected chi connectivity index (χ1v) is 5.91. The summed E-state index contributed by atoms with van der Waals surface area (Å²) >= 11 is 0. The Hall–Kier alpha value is -1.26. The van der Waals surface area contributed by atoms with E-state index in [2.05, 4.69) is 0 Å². The molecule has 4 nitrogen and oxygen atoms in total. The number of methoxy groups -OCH3 is 1. The maximum absolute atomic E-state index is 5.55. The maximum atomic E-state index is 5.55. The van der Waals surface area contributed by atoms with E-state index >= 15 is 0 Å². The molecule has 0 fully saturated rings. The molecule has 0 bridgehead atoms. The van der Waals surface area contributed by atoms with E-state index in [-0.39, 0.29) is 0 Å². The predicted octanol–water partition coefficient (Wildman–Crippen LogP) is 1.83. The van der Waals surface area contributed by atoms with Crippen LogP contribution in [0.5, 0.6) is 11.5 Å². The highest BCUT2D eigenvalue weighted by Gasteiger charge is 1.95. The Bertz CT molecular complexity index is 287. The molecule has 0 saturated heterocycles. The predicted molar refractivity (Wildman–Crippen MR) is 67.6 cm³/mol. The van der Waals surface area contributed by atoms with Crippen LogP contribution < -0.4 is 15.2 Å². The van der Waals surface area contributed by atoms with Gasteiger partial charge in [-0.15, -0.1) is 0 Å². The third-order valence-corrected chi connectivity index (χ3v) is 2.25. The van der Waals surface area contributed by atoms with Crippen LogP contribution in [0, 0.1) is 0 Å². The number of ether oxygens (including phenoxy) is 3. The van der Waals surface area contributed by atoms with Crippen molar-refractivity contribution in [3.63, 3.8) is 0 Å². The van der Waals surface area contributed by atoms with E-state index in [4.69, 9.17) is 19.9 Å². The molecular weight excluding hydrogens is 218 g/mol. The van der Waals surface area contributed by atoms with Crippen molar-refractivity contribution in [2.75, 3.05) is 33.5 Å². The average molecular weight is 239 g/mol. The lowest BCUT2D eigenvalue weighted by atomic mass is 10.3. The highest BCUT2D eigenvalue weighted by Crippen LogP contribution is 2.16. The first kappa shape index (κ1) is 13.8. The molecule has 0 aliphatic heterocycles. The van der Waals surface area contributed by atoms with Crippen molar-refractivity contribution in [2.45, 2.75) is 12.8 Å². The zero-order valence-electron chi connectivity index (χ0n) is 10.4. The van der Waals surface area contributed by atoms with Crippen LogP contribution in [0.2, 0.25) is 0 Å². The highest BCUT2D eigenvalue weighted by molar-refractivity contribution is 5.30. The minimum atomic E-state index is 0.662. The Morgan fingerprint density at radius 2 is 1.59 bits per heavy atom. The Morgan fingerprint density at radius 1 is 0.941 bits per heavy atom. The zero-order valence-corrected chi connectivity index (χ0v) is 10.4. The fourth-order valence-electron chi connectivity index (χ4n) is 1.31. The van der Waals surface area contributed by atoms with Crippen LogP contribution in [0.25, 0.3) is 0 Å². The number of hydrogen-bond donors (Lipinski definition) is 1. The van der Waals surface area contributed by atoms with E-state index in [0.717, 1.165) is 37.6 Å². The molecule has 2 N–H and O–H groups in total. The quantitative estimate of drug-likeness (QED) is 0.668. The Balaban J connectivity index is 2.05. The van der Waals surface area contributed by atoms with Gasteiger partial charge in [0.1, 0.15) is 11.5 Å². The van der Waals surface area contributed by atoms with Crippen LogP contribution in [-0.2, 0) is 4.74 Å². The maximum Gasteiger partial charge on any atom is 0.119 e. The second-order valence-corrected chi connectivity index (χ2v) is 3.63. The lowest BCUT2D eigenvalue weighted by Crippen LogP contribution is -2.07. The van der Waals surface area contributed by atoms with Crippen molar-refractivity contribution in [3.05, 3.63) is 24.3 Å². The van der Waals surface area contributed by atoms with Gasteiger partial charge in [0, 0.05) is 19.6 Å². The lowest BCUT2D eigenvalue weighted by Gasteiger charge is -2.07. The number of benzene rings is 1. The van der Waals surface area contributed by atoms with Crippen LogP contribution in [0.1, 0.15) is 12.8 Å². The van der Waals surface area contributed by atoms with Crippen molar-refractivity contribution >= 4 is 0 Å². The summed E-state index contributed by atoms with van der Waals surface area (Å²) < 4.78 is 16.0. The molecular formula is C13H21NO3. The summed E-state index contributed by atoms with van der Waals surface area (Å²) in [6, 6.07) is 7.56. The molecule has 1 aromatic carbocycles. The molecule has 4 heteroatoms. The largest absolute Gasteiger partial charge is 0.497 e. The summed E-state index contributed by atoms with van der Waals surface area (Å²) in [5.74, 6) is 1.69. The highest BCUT2D eigenvalue weighted by atomic mass is 16.5. The van der Waals surface area contributed by atoms with Crippen LogP contribution in [0.15, 0.2) is 24.3 Å². The van der Waals surface area contributed by atoms with Crippen LogP contribution in [0.3, 0.4) is 0 Å². The summed E-state index contributed by atoms with van der Waals surface area (Å²) in [4.78, 5) is 0. The number of nitrogens with two attached hydrogens (primary N) is 1. The summed E-state index contributed by atoms with van der Waals surface area (Å²) in [6.45, 7) is 2.80. The smallest absolute Gasteiger partial charge is 0.119 e. The molecule has 0 atom stereocenters. The Labute approximate surface area is 103 Å². The molecule has 1 rings (SSSR count). The van der Waals surface area contributed by atoms with Gasteiger partial charge in [-0.25, -0.2) is 0 Å². The molecule has 0 aromatic heterocycles. The van der Waals surface area contributed by atoms with Gasteiger partial charge in [0.25, 0.3) is 0 Å². The number of rotatable bonds is 9. The monoisotopic (exact) mass is 239 g/mol. The molecule has 0 amide bonds. The summed E-state index contributed by atoms with van der Waals surface area (Å²) in [6.07, 6.45) is 1.80. The molecule has 0 aliphatic carbocycles. The molecule has 0 unspecified atom stereocenters. The Kier molecular flexibility index (Phi) is 7.18. The third kappa shape index (κ3) is 6.14. The van der Waals surface area contributed by atoms with Gasteiger partial charge in [0.05, 0.1) is 13.7 Å². The molecule has 17 heavy (non-hydrogen) atoms. The molecule has 0 heterocycles.